The molecule has 0 aliphatic heterocycles. The number of amides is 1. The molecule has 1 N–H and O–H groups in total. The SMILES string of the molecule is COc1ncccc1C(=O)Nc1onc2c1CCCC2. The van der Waals surface area contributed by atoms with Gasteiger partial charge in [0.15, 0.2) is 0 Å². The molecule has 2 aromatic rings. The zero-order valence-corrected chi connectivity index (χ0v) is 11.2. The van der Waals surface area contributed by atoms with E-state index in [1.54, 1.807) is 18.3 Å². The van der Waals surface area contributed by atoms with E-state index in [9.17, 15) is 4.79 Å². The third kappa shape index (κ3) is 2.24. The Kier molecular flexibility index (Phi) is 3.37. The van der Waals surface area contributed by atoms with Gasteiger partial charge in [0.25, 0.3) is 5.91 Å². The molecule has 1 aliphatic rings. The van der Waals surface area contributed by atoms with Crippen LogP contribution in [0, 0.1) is 0 Å². The van der Waals surface area contributed by atoms with Gasteiger partial charge in [-0.1, -0.05) is 5.16 Å². The van der Waals surface area contributed by atoms with Crippen molar-refractivity contribution in [3.05, 3.63) is 35.2 Å². The van der Waals surface area contributed by atoms with Crippen LogP contribution < -0.4 is 10.1 Å². The third-order valence-corrected chi connectivity index (χ3v) is 3.40. The number of ether oxygens (including phenoxy) is 1. The molecule has 6 nitrogen and oxygen atoms in total. The van der Waals surface area contributed by atoms with Crippen LogP contribution in [0.15, 0.2) is 22.9 Å². The normalized spacial score (nSPS) is 13.7. The smallest absolute Gasteiger partial charge is 0.263 e. The Bertz CT molecular complexity index is 636. The van der Waals surface area contributed by atoms with Gasteiger partial charge in [-0.05, 0) is 37.8 Å². The number of rotatable bonds is 3. The van der Waals surface area contributed by atoms with E-state index in [1.165, 1.54) is 7.11 Å². The summed E-state index contributed by atoms with van der Waals surface area (Å²) in [6.45, 7) is 0. The molecule has 6 heteroatoms. The van der Waals surface area contributed by atoms with Gasteiger partial charge in [0.05, 0.1) is 12.8 Å². The molecule has 2 heterocycles. The molecule has 1 aliphatic carbocycles. The van der Waals surface area contributed by atoms with Gasteiger partial charge < -0.3 is 9.26 Å². The number of fused-ring (bicyclic) bond motifs is 1. The van der Waals surface area contributed by atoms with Crippen LogP contribution >= 0.6 is 0 Å². The van der Waals surface area contributed by atoms with Gasteiger partial charge in [0.2, 0.25) is 11.8 Å². The summed E-state index contributed by atoms with van der Waals surface area (Å²) in [4.78, 5) is 16.3. The first-order valence-electron chi connectivity index (χ1n) is 6.57. The molecule has 104 valence electrons. The number of aromatic nitrogens is 2. The Morgan fingerprint density at radius 1 is 1.40 bits per heavy atom. The maximum Gasteiger partial charge on any atom is 0.263 e. The van der Waals surface area contributed by atoms with E-state index in [1.807, 2.05) is 0 Å². The van der Waals surface area contributed by atoms with Crippen molar-refractivity contribution in [3.63, 3.8) is 0 Å². The van der Waals surface area contributed by atoms with Gasteiger partial charge in [-0.15, -0.1) is 0 Å². The highest BCUT2D eigenvalue weighted by atomic mass is 16.5. The summed E-state index contributed by atoms with van der Waals surface area (Å²) in [5.41, 5.74) is 2.33. The number of nitrogens with zero attached hydrogens (tertiary/aromatic N) is 2. The minimum absolute atomic E-state index is 0.290. The van der Waals surface area contributed by atoms with Crippen molar-refractivity contribution in [2.75, 3.05) is 12.4 Å². The number of hydrogen-bond acceptors (Lipinski definition) is 5. The molecule has 3 rings (SSSR count). The molecule has 0 spiro atoms. The maximum atomic E-state index is 12.3. The predicted octanol–water partition coefficient (Wildman–Crippen LogP) is 2.21. The second-order valence-electron chi connectivity index (χ2n) is 4.66. The molecule has 0 saturated heterocycles. The number of carbonyl (C=O) groups excluding carboxylic acids is 1. The van der Waals surface area contributed by atoms with Crippen molar-refractivity contribution in [2.45, 2.75) is 25.7 Å². The zero-order chi connectivity index (χ0) is 13.9. The van der Waals surface area contributed by atoms with Crippen LogP contribution in [0.1, 0.15) is 34.5 Å². The van der Waals surface area contributed by atoms with E-state index in [0.29, 0.717) is 17.3 Å². The zero-order valence-electron chi connectivity index (χ0n) is 11.2. The van der Waals surface area contributed by atoms with Gasteiger partial charge in [-0.25, -0.2) is 4.98 Å². The van der Waals surface area contributed by atoms with Crippen LogP contribution in [0.4, 0.5) is 5.88 Å². The van der Waals surface area contributed by atoms with E-state index < -0.39 is 0 Å². The molecule has 0 fully saturated rings. The summed E-state index contributed by atoms with van der Waals surface area (Å²) < 4.78 is 10.3. The van der Waals surface area contributed by atoms with Gasteiger partial charge in [-0.3, -0.25) is 10.1 Å². The van der Waals surface area contributed by atoms with Crippen LogP contribution in [0.25, 0.3) is 0 Å². The van der Waals surface area contributed by atoms with Crippen LogP contribution in [0.5, 0.6) is 5.88 Å². The Morgan fingerprint density at radius 3 is 3.10 bits per heavy atom. The molecular formula is C14H15N3O3. The number of aryl methyl sites for hydroxylation is 1. The summed E-state index contributed by atoms with van der Waals surface area (Å²) in [5, 5.41) is 6.76. The largest absolute Gasteiger partial charge is 0.480 e. The van der Waals surface area contributed by atoms with Crippen LogP contribution in [-0.4, -0.2) is 23.2 Å². The second kappa shape index (κ2) is 5.32. The van der Waals surface area contributed by atoms with Crippen LogP contribution in [0.2, 0.25) is 0 Å². The van der Waals surface area contributed by atoms with Crippen molar-refractivity contribution in [2.24, 2.45) is 0 Å². The Labute approximate surface area is 116 Å². The van der Waals surface area contributed by atoms with E-state index >= 15 is 0 Å². The Morgan fingerprint density at radius 2 is 2.25 bits per heavy atom. The lowest BCUT2D eigenvalue weighted by Crippen LogP contribution is -2.15. The lowest BCUT2D eigenvalue weighted by Gasteiger charge is -2.10. The third-order valence-electron chi connectivity index (χ3n) is 3.40. The first-order valence-corrected chi connectivity index (χ1v) is 6.57. The molecule has 20 heavy (non-hydrogen) atoms. The molecule has 0 unspecified atom stereocenters. The van der Waals surface area contributed by atoms with Crippen LogP contribution in [0.3, 0.4) is 0 Å². The van der Waals surface area contributed by atoms with Crippen molar-refractivity contribution in [1.82, 2.24) is 10.1 Å². The fraction of sp³-hybridized carbons (Fsp3) is 0.357. The second-order valence-corrected chi connectivity index (χ2v) is 4.66. The average molecular weight is 273 g/mol. The minimum atomic E-state index is -0.306. The first kappa shape index (κ1) is 12.7. The number of pyridine rings is 1. The quantitative estimate of drug-likeness (QED) is 0.927. The Hall–Kier alpha value is -2.37. The number of anilines is 1. The van der Waals surface area contributed by atoms with Gasteiger partial charge in [0.1, 0.15) is 5.56 Å². The fourth-order valence-electron chi connectivity index (χ4n) is 2.39. The maximum absolute atomic E-state index is 12.3. The molecule has 0 aromatic carbocycles. The standard InChI is InChI=1S/C14H15N3O3/c1-19-13-10(6-4-8-15-13)12(18)16-14-9-5-2-3-7-11(9)17-20-14/h4,6,8H,2-3,5,7H2,1H3,(H,16,18). The summed E-state index contributed by atoms with van der Waals surface area (Å²) in [7, 11) is 1.48. The van der Waals surface area contributed by atoms with Gasteiger partial charge in [0, 0.05) is 11.8 Å². The number of nitrogens with one attached hydrogen (secondary N) is 1. The lowest BCUT2D eigenvalue weighted by molar-refractivity contribution is 0.102. The Balaban J connectivity index is 1.84. The molecule has 0 bridgehead atoms. The van der Waals surface area contributed by atoms with Crippen molar-refractivity contribution in [1.29, 1.82) is 0 Å². The summed E-state index contributed by atoms with van der Waals surface area (Å²) in [6, 6.07) is 3.34. The van der Waals surface area contributed by atoms with E-state index in [-0.39, 0.29) is 5.91 Å². The molecule has 1 amide bonds. The molecule has 0 saturated carbocycles. The van der Waals surface area contributed by atoms with Gasteiger partial charge >= 0.3 is 0 Å². The highest BCUT2D eigenvalue weighted by Crippen LogP contribution is 2.28. The number of hydrogen-bond donors (Lipinski definition) is 1. The number of methoxy groups -OCH3 is 1. The minimum Gasteiger partial charge on any atom is -0.480 e. The van der Waals surface area contributed by atoms with Gasteiger partial charge in [-0.2, -0.15) is 0 Å². The highest BCUT2D eigenvalue weighted by molar-refractivity contribution is 6.05. The van der Waals surface area contributed by atoms with E-state index in [2.05, 4.69) is 15.5 Å². The summed E-state index contributed by atoms with van der Waals surface area (Å²) in [5.74, 6) is 0.425. The number of carbonyl (C=O) groups is 1. The van der Waals surface area contributed by atoms with Crippen LogP contribution in [-0.2, 0) is 12.8 Å². The highest BCUT2D eigenvalue weighted by Gasteiger charge is 2.22. The molecule has 2 aromatic heterocycles. The average Bonchev–Trinajstić information content (AvgIpc) is 2.90. The monoisotopic (exact) mass is 273 g/mol. The topological polar surface area (TPSA) is 77.2 Å². The first-order chi connectivity index (χ1) is 9.79. The van der Waals surface area contributed by atoms with Crippen molar-refractivity contribution >= 4 is 11.8 Å². The lowest BCUT2D eigenvalue weighted by atomic mass is 9.98. The molecule has 0 radical (unpaired) electrons. The summed E-state index contributed by atoms with van der Waals surface area (Å²) in [6.07, 6.45) is 5.58. The van der Waals surface area contributed by atoms with E-state index in [4.69, 9.17) is 9.26 Å². The fourth-order valence-corrected chi connectivity index (χ4v) is 2.39. The van der Waals surface area contributed by atoms with Crippen molar-refractivity contribution in [3.8, 4) is 5.88 Å². The molecule has 0 atom stereocenters. The van der Waals surface area contributed by atoms with Crippen molar-refractivity contribution < 1.29 is 14.1 Å². The summed E-state index contributed by atoms with van der Waals surface area (Å²) >= 11 is 0. The molecular weight excluding hydrogens is 258 g/mol. The predicted molar refractivity (Wildman–Crippen MR) is 71.9 cm³/mol. The van der Waals surface area contributed by atoms with E-state index in [0.717, 1.165) is 36.9 Å².